The summed E-state index contributed by atoms with van der Waals surface area (Å²) in [4.78, 5) is 10.6. The zero-order chi connectivity index (χ0) is 14.7. The summed E-state index contributed by atoms with van der Waals surface area (Å²) in [5, 5.41) is 16.1. The number of hydrogen-bond donors (Lipinski definition) is 2. The van der Waals surface area contributed by atoms with Gasteiger partial charge in [-0.25, -0.2) is 13.5 Å². The molecule has 8 heteroatoms. The molecule has 3 N–H and O–H groups in total. The minimum Gasteiger partial charge on any atom is -0.480 e. The van der Waals surface area contributed by atoms with E-state index in [0.717, 1.165) is 18.2 Å². The molecule has 0 bridgehead atoms. The van der Waals surface area contributed by atoms with Gasteiger partial charge in [-0.05, 0) is 18.2 Å². The molecule has 0 fully saturated rings. The van der Waals surface area contributed by atoms with Gasteiger partial charge in [0.05, 0.1) is 12.2 Å². The number of carboxylic acid groups (broad SMARTS) is 1. The summed E-state index contributed by atoms with van der Waals surface area (Å²) in [7, 11) is 0. The van der Waals surface area contributed by atoms with Gasteiger partial charge in [0.15, 0.2) is 0 Å². The summed E-state index contributed by atoms with van der Waals surface area (Å²) < 4.78 is 27.8. The maximum Gasteiger partial charge on any atom is 0.320 e. The van der Waals surface area contributed by atoms with Crippen LogP contribution in [0.4, 0.5) is 8.78 Å². The second-order valence-electron chi connectivity index (χ2n) is 4.29. The number of benzene rings is 1. The first-order valence-electron chi connectivity index (χ1n) is 5.77. The van der Waals surface area contributed by atoms with E-state index in [-0.39, 0.29) is 18.5 Å². The van der Waals surface area contributed by atoms with Crippen LogP contribution in [-0.4, -0.2) is 32.1 Å². The largest absolute Gasteiger partial charge is 0.480 e. The Balaban J connectivity index is 2.09. The molecule has 0 amide bonds. The average molecular weight is 282 g/mol. The smallest absolute Gasteiger partial charge is 0.320 e. The molecule has 0 spiro atoms. The molecule has 2 rings (SSSR count). The van der Waals surface area contributed by atoms with Gasteiger partial charge in [-0.15, -0.1) is 5.10 Å². The molecule has 6 nitrogen and oxygen atoms in total. The molecule has 1 heterocycles. The molecular weight excluding hydrogens is 270 g/mol. The van der Waals surface area contributed by atoms with Gasteiger partial charge in [0.25, 0.3) is 0 Å². The molecular formula is C12H12F2N4O2. The standard InChI is InChI=1S/C12H12F2N4O2/c13-8-1-2-10(14)7(3-8)5-18-6-9(16-17-18)4-11(15)12(19)20/h1-3,6,11H,4-5,15H2,(H,19,20). The number of hydrogen-bond acceptors (Lipinski definition) is 4. The molecule has 106 valence electrons. The number of aliphatic carboxylic acids is 1. The molecule has 0 aliphatic heterocycles. The number of rotatable bonds is 5. The number of aromatic nitrogens is 3. The molecule has 0 aliphatic carbocycles. The second kappa shape index (κ2) is 5.74. The average Bonchev–Trinajstić information content (AvgIpc) is 2.81. The fourth-order valence-corrected chi connectivity index (χ4v) is 1.66. The Morgan fingerprint density at radius 1 is 1.45 bits per heavy atom. The summed E-state index contributed by atoms with van der Waals surface area (Å²) in [6, 6.07) is 2.05. The maximum atomic E-state index is 13.5. The third-order valence-electron chi connectivity index (χ3n) is 2.67. The highest BCUT2D eigenvalue weighted by molar-refractivity contribution is 5.73. The first kappa shape index (κ1) is 14.1. The van der Waals surface area contributed by atoms with E-state index >= 15 is 0 Å². The lowest BCUT2D eigenvalue weighted by molar-refractivity contribution is -0.138. The fourth-order valence-electron chi connectivity index (χ4n) is 1.66. The molecule has 1 aromatic heterocycles. The maximum absolute atomic E-state index is 13.5. The van der Waals surface area contributed by atoms with Crippen LogP contribution in [0.15, 0.2) is 24.4 Å². The van der Waals surface area contributed by atoms with Crippen LogP contribution < -0.4 is 5.73 Å². The normalized spacial score (nSPS) is 12.3. The van der Waals surface area contributed by atoms with Gasteiger partial charge >= 0.3 is 5.97 Å². The Bertz CT molecular complexity index is 630. The van der Waals surface area contributed by atoms with Crippen molar-refractivity contribution < 1.29 is 18.7 Å². The third-order valence-corrected chi connectivity index (χ3v) is 2.67. The lowest BCUT2D eigenvalue weighted by Crippen LogP contribution is -2.32. The minimum absolute atomic E-state index is 0.00109. The van der Waals surface area contributed by atoms with Gasteiger partial charge in [-0.2, -0.15) is 0 Å². The van der Waals surface area contributed by atoms with Gasteiger partial charge in [0.2, 0.25) is 0 Å². The number of nitrogens with two attached hydrogens (primary N) is 1. The molecule has 0 saturated heterocycles. The Kier molecular flexibility index (Phi) is 4.04. The van der Waals surface area contributed by atoms with Crippen LogP contribution in [0, 0.1) is 11.6 Å². The number of nitrogens with zero attached hydrogens (tertiary/aromatic N) is 3. The first-order valence-corrected chi connectivity index (χ1v) is 5.77. The van der Waals surface area contributed by atoms with Crippen LogP contribution in [0.1, 0.15) is 11.3 Å². The van der Waals surface area contributed by atoms with Crippen molar-refractivity contribution in [2.45, 2.75) is 19.0 Å². The summed E-state index contributed by atoms with van der Waals surface area (Å²) in [6.45, 7) is -0.00109. The van der Waals surface area contributed by atoms with Gasteiger partial charge in [0, 0.05) is 18.2 Å². The first-order chi connectivity index (χ1) is 9.45. The van der Waals surface area contributed by atoms with Crippen molar-refractivity contribution >= 4 is 5.97 Å². The third kappa shape index (κ3) is 3.35. The van der Waals surface area contributed by atoms with Gasteiger partial charge in [-0.1, -0.05) is 5.21 Å². The summed E-state index contributed by atoms with van der Waals surface area (Å²) >= 11 is 0. The highest BCUT2D eigenvalue weighted by atomic mass is 19.1. The Morgan fingerprint density at radius 3 is 2.90 bits per heavy atom. The second-order valence-corrected chi connectivity index (χ2v) is 4.29. The number of carboxylic acids is 1. The summed E-state index contributed by atoms with van der Waals surface area (Å²) in [5.41, 5.74) is 5.87. The molecule has 20 heavy (non-hydrogen) atoms. The molecule has 0 radical (unpaired) electrons. The van der Waals surface area contributed by atoms with E-state index in [1.54, 1.807) is 0 Å². The zero-order valence-electron chi connectivity index (χ0n) is 10.3. The van der Waals surface area contributed by atoms with E-state index in [1.165, 1.54) is 10.9 Å². The predicted octanol–water partition coefficient (Wildman–Crippen LogP) is 0.559. The lowest BCUT2D eigenvalue weighted by atomic mass is 10.2. The molecule has 2 aromatic rings. The highest BCUT2D eigenvalue weighted by Crippen LogP contribution is 2.11. The van der Waals surface area contributed by atoms with Crippen molar-refractivity contribution in [3.8, 4) is 0 Å². The predicted molar refractivity (Wildman–Crippen MR) is 64.8 cm³/mol. The van der Waals surface area contributed by atoms with Gasteiger partial charge in [0.1, 0.15) is 17.7 Å². The number of halogens is 2. The topological polar surface area (TPSA) is 94.0 Å². The lowest BCUT2D eigenvalue weighted by Gasteiger charge is -2.03. The van der Waals surface area contributed by atoms with E-state index in [1.807, 2.05) is 0 Å². The van der Waals surface area contributed by atoms with Crippen LogP contribution in [0.5, 0.6) is 0 Å². The van der Waals surface area contributed by atoms with Gasteiger partial charge in [-0.3, -0.25) is 4.79 Å². The van der Waals surface area contributed by atoms with E-state index in [0.29, 0.717) is 5.69 Å². The van der Waals surface area contributed by atoms with Crippen molar-refractivity contribution in [3.63, 3.8) is 0 Å². The van der Waals surface area contributed by atoms with E-state index < -0.39 is 23.6 Å². The number of carbonyl (C=O) groups is 1. The molecule has 1 unspecified atom stereocenters. The van der Waals surface area contributed by atoms with E-state index in [2.05, 4.69) is 10.3 Å². The van der Waals surface area contributed by atoms with Crippen LogP contribution in [0.3, 0.4) is 0 Å². The van der Waals surface area contributed by atoms with E-state index in [4.69, 9.17) is 10.8 Å². The van der Waals surface area contributed by atoms with Crippen LogP contribution in [0.25, 0.3) is 0 Å². The van der Waals surface area contributed by atoms with Crippen molar-refractivity contribution in [3.05, 3.63) is 47.3 Å². The summed E-state index contributed by atoms with van der Waals surface area (Å²) in [5.74, 6) is -2.24. The zero-order valence-corrected chi connectivity index (χ0v) is 10.3. The molecule has 1 atom stereocenters. The minimum atomic E-state index is -1.14. The Morgan fingerprint density at radius 2 is 2.20 bits per heavy atom. The SMILES string of the molecule is NC(Cc1cn(Cc2cc(F)ccc2F)nn1)C(=O)O. The van der Waals surface area contributed by atoms with Crippen molar-refractivity contribution in [1.82, 2.24) is 15.0 Å². The van der Waals surface area contributed by atoms with Gasteiger partial charge < -0.3 is 10.8 Å². The highest BCUT2D eigenvalue weighted by Gasteiger charge is 2.14. The Hall–Kier alpha value is -2.35. The summed E-state index contributed by atoms with van der Waals surface area (Å²) in [6.07, 6.45) is 1.47. The van der Waals surface area contributed by atoms with Crippen molar-refractivity contribution in [1.29, 1.82) is 0 Å². The molecule has 1 aromatic carbocycles. The van der Waals surface area contributed by atoms with Crippen molar-refractivity contribution in [2.75, 3.05) is 0 Å². The van der Waals surface area contributed by atoms with Crippen LogP contribution in [0.2, 0.25) is 0 Å². The van der Waals surface area contributed by atoms with Crippen LogP contribution >= 0.6 is 0 Å². The molecule has 0 aliphatic rings. The monoisotopic (exact) mass is 282 g/mol. The quantitative estimate of drug-likeness (QED) is 0.835. The Labute approximate surface area is 112 Å². The van der Waals surface area contributed by atoms with Crippen molar-refractivity contribution in [2.24, 2.45) is 5.73 Å². The molecule has 0 saturated carbocycles. The van der Waals surface area contributed by atoms with E-state index in [9.17, 15) is 13.6 Å². The van der Waals surface area contributed by atoms with Crippen LogP contribution in [-0.2, 0) is 17.8 Å². The fraction of sp³-hybridized carbons (Fsp3) is 0.250.